The Balaban J connectivity index is 1.85. The average molecular weight is 332 g/mol. The number of anilines is 1. The van der Waals surface area contributed by atoms with Crippen LogP contribution in [0.15, 0.2) is 48.5 Å². The molecule has 0 heterocycles. The monoisotopic (exact) mass is 332 g/mol. The molecule has 5 nitrogen and oxygen atoms in total. The first kappa shape index (κ1) is 17.0. The van der Waals surface area contributed by atoms with Crippen LogP contribution in [0.3, 0.4) is 0 Å². The highest BCUT2D eigenvalue weighted by Gasteiger charge is 2.05. The van der Waals surface area contributed by atoms with Crippen LogP contribution in [0.4, 0.5) is 10.5 Å². The van der Waals surface area contributed by atoms with E-state index in [1.165, 1.54) is 6.26 Å². The predicted octanol–water partition coefficient (Wildman–Crippen LogP) is 2.86. The Morgan fingerprint density at radius 1 is 0.957 bits per heavy atom. The fourth-order valence-corrected chi connectivity index (χ4v) is 2.85. The third-order valence-corrected chi connectivity index (χ3v) is 4.07. The van der Waals surface area contributed by atoms with Gasteiger partial charge in [0, 0.05) is 18.5 Å². The lowest BCUT2D eigenvalue weighted by molar-refractivity contribution is 0.251. The molecule has 0 aliphatic carbocycles. The predicted molar refractivity (Wildman–Crippen MR) is 92.0 cm³/mol. The molecule has 0 saturated carbocycles. The quantitative estimate of drug-likeness (QED) is 0.884. The number of nitrogens with one attached hydrogen (secondary N) is 2. The molecule has 23 heavy (non-hydrogen) atoms. The third-order valence-electron chi connectivity index (χ3n) is 3.21. The molecule has 2 amide bonds. The number of rotatable bonds is 5. The molecule has 2 rings (SSSR count). The molecule has 2 aromatic rings. The Bertz CT molecular complexity index is 766. The molecule has 0 aromatic heterocycles. The van der Waals surface area contributed by atoms with Crippen molar-refractivity contribution >= 4 is 21.6 Å². The molecule has 0 aliphatic heterocycles. The van der Waals surface area contributed by atoms with Gasteiger partial charge in [0.2, 0.25) is 0 Å². The van der Waals surface area contributed by atoms with Gasteiger partial charge in [-0.2, -0.15) is 0 Å². The molecule has 0 unspecified atom stereocenters. The van der Waals surface area contributed by atoms with Gasteiger partial charge in [-0.05, 0) is 30.2 Å². The number of hydrogen-bond acceptors (Lipinski definition) is 3. The summed E-state index contributed by atoms with van der Waals surface area (Å²) in [5, 5.41) is 5.51. The summed E-state index contributed by atoms with van der Waals surface area (Å²) in [4.78, 5) is 11.8. The third kappa shape index (κ3) is 6.12. The summed E-state index contributed by atoms with van der Waals surface area (Å²) in [5.74, 6) is 0.0224. The van der Waals surface area contributed by atoms with Crippen LogP contribution in [0.2, 0.25) is 0 Å². The van der Waals surface area contributed by atoms with Crippen molar-refractivity contribution in [2.24, 2.45) is 0 Å². The number of carbonyl (C=O) groups is 1. The highest BCUT2D eigenvalue weighted by molar-refractivity contribution is 7.89. The molecule has 6 heteroatoms. The van der Waals surface area contributed by atoms with Crippen molar-refractivity contribution in [2.45, 2.75) is 19.2 Å². The second kappa shape index (κ2) is 7.28. The lowest BCUT2D eigenvalue weighted by Crippen LogP contribution is -2.28. The van der Waals surface area contributed by atoms with E-state index in [1.807, 2.05) is 43.3 Å². The number of aryl methyl sites for hydroxylation is 1. The van der Waals surface area contributed by atoms with Crippen molar-refractivity contribution in [1.82, 2.24) is 5.32 Å². The molecule has 0 bridgehead atoms. The van der Waals surface area contributed by atoms with E-state index in [-0.39, 0.29) is 11.8 Å². The largest absolute Gasteiger partial charge is 0.334 e. The smallest absolute Gasteiger partial charge is 0.319 e. The fourth-order valence-electron chi connectivity index (χ4n) is 2.05. The van der Waals surface area contributed by atoms with Gasteiger partial charge in [-0.15, -0.1) is 0 Å². The normalized spacial score (nSPS) is 11.0. The van der Waals surface area contributed by atoms with Gasteiger partial charge in [0.1, 0.15) is 0 Å². The van der Waals surface area contributed by atoms with Crippen LogP contribution in [0.5, 0.6) is 0 Å². The molecule has 0 atom stereocenters. The number of urea groups is 1. The van der Waals surface area contributed by atoms with Crippen LogP contribution in [0.25, 0.3) is 0 Å². The molecular weight excluding hydrogens is 312 g/mol. The van der Waals surface area contributed by atoms with Crippen LogP contribution in [-0.2, 0) is 22.1 Å². The Labute approximate surface area is 136 Å². The van der Waals surface area contributed by atoms with E-state index in [0.717, 1.165) is 22.4 Å². The molecular formula is C17H20N2O3S. The van der Waals surface area contributed by atoms with Gasteiger partial charge >= 0.3 is 6.03 Å². The van der Waals surface area contributed by atoms with Gasteiger partial charge in [-0.1, -0.05) is 42.0 Å². The van der Waals surface area contributed by atoms with E-state index in [9.17, 15) is 13.2 Å². The highest BCUT2D eigenvalue weighted by atomic mass is 32.2. The van der Waals surface area contributed by atoms with Crippen LogP contribution in [0.1, 0.15) is 16.7 Å². The van der Waals surface area contributed by atoms with E-state index in [0.29, 0.717) is 6.54 Å². The second-order valence-electron chi connectivity index (χ2n) is 5.56. The molecule has 2 aromatic carbocycles. The first-order valence-corrected chi connectivity index (χ1v) is 9.25. The van der Waals surface area contributed by atoms with Gasteiger partial charge in [-0.25, -0.2) is 13.2 Å². The van der Waals surface area contributed by atoms with E-state index in [2.05, 4.69) is 10.6 Å². The van der Waals surface area contributed by atoms with Crippen LogP contribution in [0, 0.1) is 6.92 Å². The number of sulfone groups is 1. The highest BCUT2D eigenvalue weighted by Crippen LogP contribution is 2.09. The Morgan fingerprint density at radius 3 is 2.09 bits per heavy atom. The van der Waals surface area contributed by atoms with Gasteiger partial charge < -0.3 is 10.6 Å². The van der Waals surface area contributed by atoms with Gasteiger partial charge in [0.05, 0.1) is 5.75 Å². The Kier molecular flexibility index (Phi) is 5.39. The summed E-state index contributed by atoms with van der Waals surface area (Å²) in [5.41, 5.74) is 3.50. The maximum Gasteiger partial charge on any atom is 0.319 e. The summed E-state index contributed by atoms with van der Waals surface area (Å²) in [7, 11) is -3.03. The topological polar surface area (TPSA) is 75.3 Å². The molecule has 2 N–H and O–H groups in total. The van der Waals surface area contributed by atoms with Crippen molar-refractivity contribution in [1.29, 1.82) is 0 Å². The average Bonchev–Trinajstić information content (AvgIpc) is 2.47. The number of amides is 2. The van der Waals surface area contributed by atoms with Crippen molar-refractivity contribution in [3.63, 3.8) is 0 Å². The van der Waals surface area contributed by atoms with Crippen molar-refractivity contribution in [3.05, 3.63) is 65.2 Å². The standard InChI is InChI=1S/C17H20N2O3S/c1-13-3-9-16(10-4-13)19-17(20)18-11-14-5-7-15(8-6-14)12-23(2,21)22/h3-10H,11-12H2,1-2H3,(H2,18,19,20). The number of benzene rings is 2. The van der Waals surface area contributed by atoms with E-state index in [1.54, 1.807) is 12.1 Å². The van der Waals surface area contributed by atoms with Crippen molar-refractivity contribution in [2.75, 3.05) is 11.6 Å². The molecule has 0 radical (unpaired) electrons. The lowest BCUT2D eigenvalue weighted by Gasteiger charge is -2.08. The van der Waals surface area contributed by atoms with Gasteiger partial charge in [-0.3, -0.25) is 0 Å². The molecule has 122 valence electrons. The molecule has 0 saturated heterocycles. The summed E-state index contributed by atoms with van der Waals surface area (Å²) < 4.78 is 22.5. The lowest BCUT2D eigenvalue weighted by atomic mass is 10.1. The van der Waals surface area contributed by atoms with Crippen LogP contribution in [-0.4, -0.2) is 20.7 Å². The zero-order valence-electron chi connectivity index (χ0n) is 13.2. The Morgan fingerprint density at radius 2 is 1.52 bits per heavy atom. The van der Waals surface area contributed by atoms with Crippen molar-refractivity contribution < 1.29 is 13.2 Å². The maximum atomic E-state index is 11.8. The van der Waals surface area contributed by atoms with Crippen molar-refractivity contribution in [3.8, 4) is 0 Å². The summed E-state index contributed by atoms with van der Waals surface area (Å²) >= 11 is 0. The maximum absolute atomic E-state index is 11.8. The number of carbonyl (C=O) groups excluding carboxylic acids is 1. The zero-order chi connectivity index (χ0) is 16.9. The minimum atomic E-state index is -3.03. The zero-order valence-corrected chi connectivity index (χ0v) is 14.0. The Hall–Kier alpha value is -2.34. The molecule has 0 fully saturated rings. The minimum Gasteiger partial charge on any atom is -0.334 e. The molecule has 0 aliphatic rings. The first-order valence-electron chi connectivity index (χ1n) is 7.19. The van der Waals surface area contributed by atoms with E-state index < -0.39 is 9.84 Å². The second-order valence-corrected chi connectivity index (χ2v) is 7.70. The van der Waals surface area contributed by atoms with Gasteiger partial charge in [0.15, 0.2) is 9.84 Å². The summed E-state index contributed by atoms with van der Waals surface area (Å²) in [6.45, 7) is 2.36. The van der Waals surface area contributed by atoms with E-state index in [4.69, 9.17) is 0 Å². The molecule has 0 spiro atoms. The van der Waals surface area contributed by atoms with E-state index >= 15 is 0 Å². The summed E-state index contributed by atoms with van der Waals surface area (Å²) in [6, 6.07) is 14.4. The number of hydrogen-bond donors (Lipinski definition) is 2. The first-order chi connectivity index (χ1) is 10.8. The van der Waals surface area contributed by atoms with Crippen LogP contribution >= 0.6 is 0 Å². The fraction of sp³-hybridized carbons (Fsp3) is 0.235. The minimum absolute atomic E-state index is 0.0224. The van der Waals surface area contributed by atoms with Crippen LogP contribution < -0.4 is 10.6 Å². The van der Waals surface area contributed by atoms with Gasteiger partial charge in [0.25, 0.3) is 0 Å². The SMILES string of the molecule is Cc1ccc(NC(=O)NCc2ccc(CS(C)(=O)=O)cc2)cc1. The summed E-state index contributed by atoms with van der Waals surface area (Å²) in [6.07, 6.45) is 1.21.